The smallest absolute Gasteiger partial charge is 0.276 e. The maximum atomic E-state index is 13.1. The molecule has 5 nitrogen and oxygen atoms in total. The summed E-state index contributed by atoms with van der Waals surface area (Å²) in [6.07, 6.45) is 5.77. The summed E-state index contributed by atoms with van der Waals surface area (Å²) in [5.74, 6) is 1.58. The summed E-state index contributed by atoms with van der Waals surface area (Å²) in [5.41, 5.74) is 1.39. The largest absolute Gasteiger partial charge is 0.440 e. The molecule has 2 aliphatic rings. The van der Waals surface area contributed by atoms with Gasteiger partial charge in [0.25, 0.3) is 5.91 Å². The van der Waals surface area contributed by atoms with E-state index in [1.807, 2.05) is 29.2 Å². The molecule has 2 fully saturated rings. The highest BCUT2D eigenvalue weighted by atomic mass is 79.9. The number of carbonyl (C=O) groups is 1. The second-order valence-electron chi connectivity index (χ2n) is 6.98. The zero-order valence-corrected chi connectivity index (χ0v) is 16.3. The van der Waals surface area contributed by atoms with Crippen LogP contribution in [-0.2, 0) is 4.74 Å². The van der Waals surface area contributed by atoms with Gasteiger partial charge in [-0.1, -0.05) is 35.2 Å². The fraction of sp³-hybridized carbons (Fsp3) is 0.500. The first-order valence-electron chi connectivity index (χ1n) is 9.36. The van der Waals surface area contributed by atoms with Crippen molar-refractivity contribution in [2.75, 3.05) is 26.3 Å². The van der Waals surface area contributed by atoms with E-state index in [-0.39, 0.29) is 5.91 Å². The molecule has 0 radical (unpaired) electrons. The van der Waals surface area contributed by atoms with E-state index in [2.05, 4.69) is 20.9 Å². The molecule has 1 amide bonds. The highest BCUT2D eigenvalue weighted by molar-refractivity contribution is 9.10. The Bertz CT molecular complexity index is 760. The molecule has 26 heavy (non-hydrogen) atoms. The molecule has 1 saturated heterocycles. The maximum Gasteiger partial charge on any atom is 0.276 e. The highest BCUT2D eigenvalue weighted by Crippen LogP contribution is 2.37. The highest BCUT2D eigenvalue weighted by Gasteiger charge is 2.31. The Labute approximate surface area is 161 Å². The van der Waals surface area contributed by atoms with Crippen molar-refractivity contribution < 1.29 is 13.9 Å². The van der Waals surface area contributed by atoms with E-state index >= 15 is 0 Å². The third-order valence-corrected chi connectivity index (χ3v) is 5.75. The molecule has 2 heterocycles. The van der Waals surface area contributed by atoms with Crippen molar-refractivity contribution in [2.45, 2.75) is 38.0 Å². The fourth-order valence-electron chi connectivity index (χ4n) is 3.76. The van der Waals surface area contributed by atoms with Gasteiger partial charge in [-0.25, -0.2) is 4.98 Å². The minimum atomic E-state index is -0.0269. The van der Waals surface area contributed by atoms with Gasteiger partial charge in [-0.2, -0.15) is 0 Å². The van der Waals surface area contributed by atoms with Crippen LogP contribution in [-0.4, -0.2) is 42.1 Å². The Kier molecular flexibility index (Phi) is 5.41. The van der Waals surface area contributed by atoms with Crippen molar-refractivity contribution in [3.63, 3.8) is 0 Å². The number of morpholine rings is 1. The van der Waals surface area contributed by atoms with Gasteiger partial charge in [0.1, 0.15) is 5.76 Å². The summed E-state index contributed by atoms with van der Waals surface area (Å²) in [4.78, 5) is 19.6. The molecule has 1 aromatic heterocycles. The van der Waals surface area contributed by atoms with E-state index in [4.69, 9.17) is 9.15 Å². The molecule has 1 aromatic carbocycles. The molecule has 0 atom stereocenters. The number of hydrogen-bond donors (Lipinski definition) is 0. The Morgan fingerprint density at radius 1 is 1.08 bits per heavy atom. The molecule has 0 spiro atoms. The number of halogens is 1. The molecular formula is C20H23BrN2O3. The van der Waals surface area contributed by atoms with Crippen LogP contribution in [0.15, 0.2) is 33.2 Å². The summed E-state index contributed by atoms with van der Waals surface area (Å²) < 4.78 is 12.6. The van der Waals surface area contributed by atoms with E-state index in [0.717, 1.165) is 28.6 Å². The molecular weight excluding hydrogens is 396 g/mol. The number of amides is 1. The summed E-state index contributed by atoms with van der Waals surface area (Å²) in [6, 6.07) is 7.85. The van der Waals surface area contributed by atoms with Crippen molar-refractivity contribution in [1.29, 1.82) is 0 Å². The van der Waals surface area contributed by atoms with Crippen LogP contribution < -0.4 is 0 Å². The summed E-state index contributed by atoms with van der Waals surface area (Å²) in [5, 5.41) is 0. The topological polar surface area (TPSA) is 55.6 Å². The first-order valence-corrected chi connectivity index (χ1v) is 10.2. The Balaban J connectivity index is 1.69. The normalized spacial score (nSPS) is 18.9. The van der Waals surface area contributed by atoms with Crippen LogP contribution in [0.4, 0.5) is 0 Å². The van der Waals surface area contributed by atoms with Gasteiger partial charge in [-0.15, -0.1) is 0 Å². The van der Waals surface area contributed by atoms with Crippen LogP contribution in [0.2, 0.25) is 0 Å². The number of aromatic nitrogens is 1. The van der Waals surface area contributed by atoms with Gasteiger partial charge in [-0.05, 0) is 37.1 Å². The van der Waals surface area contributed by atoms with Gasteiger partial charge < -0.3 is 14.1 Å². The minimum Gasteiger partial charge on any atom is -0.440 e. The average molecular weight is 419 g/mol. The van der Waals surface area contributed by atoms with E-state index in [9.17, 15) is 4.79 Å². The van der Waals surface area contributed by atoms with Gasteiger partial charge in [0.05, 0.1) is 13.2 Å². The number of benzene rings is 1. The monoisotopic (exact) mass is 418 g/mol. The summed E-state index contributed by atoms with van der Waals surface area (Å²) in [6.45, 7) is 2.40. The SMILES string of the molecule is O=C(c1nc(-c2ccc(Br)cc2)oc1C1CCCCC1)N1CCOCC1. The quantitative estimate of drug-likeness (QED) is 0.729. The standard InChI is InChI=1S/C20H23BrN2O3/c21-16-8-6-15(7-9-16)19-22-17(20(24)23-10-12-25-13-11-23)18(26-19)14-4-2-1-3-5-14/h6-9,14H,1-5,10-13H2. The number of carbonyl (C=O) groups excluding carboxylic acids is 1. The van der Waals surface area contributed by atoms with E-state index in [0.29, 0.717) is 43.8 Å². The number of nitrogens with zero attached hydrogens (tertiary/aromatic N) is 2. The molecule has 1 saturated carbocycles. The predicted octanol–water partition coefficient (Wildman–Crippen LogP) is 4.62. The van der Waals surface area contributed by atoms with E-state index in [1.54, 1.807) is 0 Å². The van der Waals surface area contributed by atoms with Crippen LogP contribution >= 0.6 is 15.9 Å². The molecule has 1 aliphatic heterocycles. The van der Waals surface area contributed by atoms with Crippen LogP contribution in [0.5, 0.6) is 0 Å². The third kappa shape index (κ3) is 3.71. The van der Waals surface area contributed by atoms with Crippen molar-refractivity contribution >= 4 is 21.8 Å². The number of ether oxygens (including phenoxy) is 1. The van der Waals surface area contributed by atoms with Crippen LogP contribution in [0.3, 0.4) is 0 Å². The molecule has 138 valence electrons. The predicted molar refractivity (Wildman–Crippen MR) is 102 cm³/mol. The van der Waals surface area contributed by atoms with Crippen LogP contribution in [0.25, 0.3) is 11.5 Å². The zero-order valence-electron chi connectivity index (χ0n) is 14.7. The molecule has 0 bridgehead atoms. The molecule has 0 unspecified atom stereocenters. The van der Waals surface area contributed by atoms with Crippen molar-refractivity contribution in [3.8, 4) is 11.5 Å². The first kappa shape index (κ1) is 17.7. The van der Waals surface area contributed by atoms with E-state index in [1.165, 1.54) is 19.3 Å². The van der Waals surface area contributed by atoms with Crippen molar-refractivity contribution in [1.82, 2.24) is 9.88 Å². The number of rotatable bonds is 3. The number of hydrogen-bond acceptors (Lipinski definition) is 4. The average Bonchev–Trinajstić information content (AvgIpc) is 3.15. The summed E-state index contributed by atoms with van der Waals surface area (Å²) in [7, 11) is 0. The van der Waals surface area contributed by atoms with E-state index < -0.39 is 0 Å². The molecule has 2 aromatic rings. The van der Waals surface area contributed by atoms with Crippen LogP contribution in [0.1, 0.15) is 54.3 Å². The second-order valence-corrected chi connectivity index (χ2v) is 7.89. The summed E-state index contributed by atoms with van der Waals surface area (Å²) >= 11 is 3.45. The Hall–Kier alpha value is -1.66. The van der Waals surface area contributed by atoms with Gasteiger partial charge >= 0.3 is 0 Å². The lowest BCUT2D eigenvalue weighted by atomic mass is 9.86. The lowest BCUT2D eigenvalue weighted by Crippen LogP contribution is -2.41. The molecule has 6 heteroatoms. The third-order valence-electron chi connectivity index (χ3n) is 5.22. The Morgan fingerprint density at radius 3 is 2.46 bits per heavy atom. The maximum absolute atomic E-state index is 13.1. The van der Waals surface area contributed by atoms with Crippen molar-refractivity contribution in [2.24, 2.45) is 0 Å². The molecule has 4 rings (SSSR count). The molecule has 1 aliphatic carbocycles. The van der Waals surface area contributed by atoms with Crippen LogP contribution in [0, 0.1) is 0 Å². The van der Waals surface area contributed by atoms with Gasteiger partial charge in [0.2, 0.25) is 5.89 Å². The van der Waals surface area contributed by atoms with Gasteiger partial charge in [0.15, 0.2) is 5.69 Å². The van der Waals surface area contributed by atoms with Gasteiger partial charge in [-0.3, -0.25) is 4.79 Å². The lowest BCUT2D eigenvalue weighted by molar-refractivity contribution is 0.0297. The lowest BCUT2D eigenvalue weighted by Gasteiger charge is -2.27. The Morgan fingerprint density at radius 2 is 1.77 bits per heavy atom. The molecule has 0 N–H and O–H groups in total. The first-order chi connectivity index (χ1) is 12.7. The van der Waals surface area contributed by atoms with Gasteiger partial charge in [0, 0.05) is 29.0 Å². The minimum absolute atomic E-state index is 0.0269. The zero-order chi connectivity index (χ0) is 17.9. The fourth-order valence-corrected chi connectivity index (χ4v) is 4.02. The second kappa shape index (κ2) is 7.92. The number of oxazole rings is 1. The van der Waals surface area contributed by atoms with Crippen molar-refractivity contribution in [3.05, 3.63) is 40.2 Å².